The number of aliphatic hydroxyl groups is 1. The first-order valence-corrected chi connectivity index (χ1v) is 4.95. The van der Waals surface area contributed by atoms with Gasteiger partial charge in [0.2, 0.25) is 0 Å². The lowest BCUT2D eigenvalue weighted by Gasteiger charge is -2.20. The summed E-state index contributed by atoms with van der Waals surface area (Å²) < 4.78 is 0. The molecule has 0 unspecified atom stereocenters. The standard InChI is InChI=1S/C11H15ClO/c1-2-10(12)11(13)9-7-5-3-4-6-8-9/h2-3,5-6,8-11,13H,1,4,7H2/t9-,10-,11-/m1/s1. The highest BCUT2D eigenvalue weighted by atomic mass is 35.5. The van der Waals surface area contributed by atoms with Gasteiger partial charge in [-0.3, -0.25) is 0 Å². The van der Waals surface area contributed by atoms with E-state index < -0.39 is 6.10 Å². The van der Waals surface area contributed by atoms with Crippen LogP contribution in [-0.2, 0) is 0 Å². The molecule has 1 N–H and O–H groups in total. The van der Waals surface area contributed by atoms with E-state index in [9.17, 15) is 5.11 Å². The van der Waals surface area contributed by atoms with Gasteiger partial charge in [-0.25, -0.2) is 0 Å². The minimum Gasteiger partial charge on any atom is -0.391 e. The third kappa shape index (κ3) is 3.02. The molecule has 0 aliphatic heterocycles. The van der Waals surface area contributed by atoms with E-state index in [0.29, 0.717) is 0 Å². The summed E-state index contributed by atoms with van der Waals surface area (Å²) in [6.07, 6.45) is 11.1. The lowest BCUT2D eigenvalue weighted by atomic mass is 9.96. The second-order valence-electron chi connectivity index (χ2n) is 3.21. The Hall–Kier alpha value is -0.530. The van der Waals surface area contributed by atoms with Crippen LogP contribution >= 0.6 is 11.6 Å². The molecule has 0 aromatic heterocycles. The average Bonchev–Trinajstić information content (AvgIpc) is 2.43. The summed E-state index contributed by atoms with van der Waals surface area (Å²) in [6.45, 7) is 3.57. The summed E-state index contributed by atoms with van der Waals surface area (Å²) in [5.41, 5.74) is 0. The van der Waals surface area contributed by atoms with Crippen molar-refractivity contribution in [1.29, 1.82) is 0 Å². The van der Waals surface area contributed by atoms with Gasteiger partial charge in [0.15, 0.2) is 0 Å². The topological polar surface area (TPSA) is 20.2 Å². The van der Waals surface area contributed by atoms with Gasteiger partial charge in [-0.15, -0.1) is 18.2 Å². The van der Waals surface area contributed by atoms with Crippen molar-refractivity contribution in [2.45, 2.75) is 24.3 Å². The van der Waals surface area contributed by atoms with Crippen LogP contribution < -0.4 is 0 Å². The second kappa shape index (κ2) is 5.25. The molecule has 3 atom stereocenters. The van der Waals surface area contributed by atoms with Gasteiger partial charge in [-0.2, -0.15) is 0 Å². The molecule has 0 amide bonds. The van der Waals surface area contributed by atoms with Gasteiger partial charge in [-0.05, 0) is 12.8 Å². The van der Waals surface area contributed by atoms with E-state index in [4.69, 9.17) is 11.6 Å². The van der Waals surface area contributed by atoms with Crippen LogP contribution in [0.15, 0.2) is 37.0 Å². The van der Waals surface area contributed by atoms with Crippen LogP contribution in [0.2, 0.25) is 0 Å². The lowest BCUT2D eigenvalue weighted by Crippen LogP contribution is -2.26. The normalized spacial score (nSPS) is 26.5. The van der Waals surface area contributed by atoms with Gasteiger partial charge in [0, 0.05) is 5.92 Å². The maximum atomic E-state index is 9.78. The second-order valence-corrected chi connectivity index (χ2v) is 3.71. The van der Waals surface area contributed by atoms with E-state index in [0.717, 1.165) is 12.8 Å². The minimum absolute atomic E-state index is 0.124. The molecule has 1 rings (SSSR count). The summed E-state index contributed by atoms with van der Waals surface area (Å²) in [5, 5.41) is 9.42. The summed E-state index contributed by atoms with van der Waals surface area (Å²) in [6, 6.07) is 0. The predicted octanol–water partition coefficient (Wildman–Crippen LogP) is 2.66. The monoisotopic (exact) mass is 198 g/mol. The zero-order valence-electron chi connectivity index (χ0n) is 7.57. The van der Waals surface area contributed by atoms with Crippen molar-refractivity contribution < 1.29 is 5.11 Å². The zero-order chi connectivity index (χ0) is 9.68. The first kappa shape index (κ1) is 10.6. The van der Waals surface area contributed by atoms with Crippen LogP contribution in [0.4, 0.5) is 0 Å². The van der Waals surface area contributed by atoms with Crippen LogP contribution in [-0.4, -0.2) is 16.6 Å². The molecule has 0 radical (unpaired) electrons. The molecule has 1 nitrogen and oxygen atoms in total. The molecule has 0 spiro atoms. The minimum atomic E-state index is -0.529. The van der Waals surface area contributed by atoms with Crippen molar-refractivity contribution in [2.24, 2.45) is 5.92 Å². The van der Waals surface area contributed by atoms with Gasteiger partial charge in [0.25, 0.3) is 0 Å². The molecule has 0 heterocycles. The van der Waals surface area contributed by atoms with Crippen molar-refractivity contribution in [3.05, 3.63) is 37.0 Å². The number of rotatable bonds is 3. The van der Waals surface area contributed by atoms with Crippen molar-refractivity contribution in [3.8, 4) is 0 Å². The van der Waals surface area contributed by atoms with Gasteiger partial charge in [0.05, 0.1) is 11.5 Å². The van der Waals surface area contributed by atoms with Crippen molar-refractivity contribution in [2.75, 3.05) is 0 Å². The Kier molecular flexibility index (Phi) is 4.26. The zero-order valence-corrected chi connectivity index (χ0v) is 8.32. The molecule has 1 aliphatic carbocycles. The van der Waals surface area contributed by atoms with Crippen molar-refractivity contribution in [1.82, 2.24) is 0 Å². The number of hydrogen-bond acceptors (Lipinski definition) is 1. The summed E-state index contributed by atoms with van der Waals surface area (Å²) in [5.74, 6) is 0.124. The first-order valence-electron chi connectivity index (χ1n) is 4.52. The van der Waals surface area contributed by atoms with E-state index in [1.54, 1.807) is 6.08 Å². The number of hydrogen-bond donors (Lipinski definition) is 1. The van der Waals surface area contributed by atoms with Crippen molar-refractivity contribution in [3.63, 3.8) is 0 Å². The van der Waals surface area contributed by atoms with Crippen LogP contribution in [0.1, 0.15) is 12.8 Å². The highest BCUT2D eigenvalue weighted by molar-refractivity contribution is 6.22. The van der Waals surface area contributed by atoms with E-state index in [1.165, 1.54) is 0 Å². The fourth-order valence-corrected chi connectivity index (χ4v) is 1.58. The van der Waals surface area contributed by atoms with Gasteiger partial charge < -0.3 is 5.11 Å². The van der Waals surface area contributed by atoms with E-state index in [2.05, 4.69) is 24.8 Å². The molecule has 0 aromatic carbocycles. The van der Waals surface area contributed by atoms with Crippen LogP contribution in [0.25, 0.3) is 0 Å². The Morgan fingerprint density at radius 1 is 1.46 bits per heavy atom. The average molecular weight is 199 g/mol. The Labute approximate surface area is 84.4 Å². The summed E-state index contributed by atoms with van der Waals surface area (Å²) in [7, 11) is 0. The molecule has 2 heteroatoms. The van der Waals surface area contributed by atoms with Gasteiger partial charge in [-0.1, -0.05) is 30.4 Å². The molecule has 0 aromatic rings. The molecule has 0 bridgehead atoms. The summed E-state index contributed by atoms with van der Waals surface area (Å²) >= 11 is 5.88. The smallest absolute Gasteiger partial charge is 0.0804 e. The maximum absolute atomic E-state index is 9.78. The molecule has 13 heavy (non-hydrogen) atoms. The van der Waals surface area contributed by atoms with Gasteiger partial charge >= 0.3 is 0 Å². The highest BCUT2D eigenvalue weighted by Gasteiger charge is 2.21. The Balaban J connectivity index is 2.58. The lowest BCUT2D eigenvalue weighted by molar-refractivity contribution is 0.137. The number of allylic oxidation sites excluding steroid dienone is 3. The predicted molar refractivity (Wildman–Crippen MR) is 56.8 cm³/mol. The molecule has 1 aliphatic rings. The summed E-state index contributed by atoms with van der Waals surface area (Å²) in [4.78, 5) is 0. The van der Waals surface area contributed by atoms with E-state index in [-0.39, 0.29) is 11.3 Å². The van der Waals surface area contributed by atoms with Gasteiger partial charge in [0.1, 0.15) is 0 Å². The Morgan fingerprint density at radius 3 is 2.92 bits per heavy atom. The molecule has 0 saturated heterocycles. The molecule has 0 fully saturated rings. The maximum Gasteiger partial charge on any atom is 0.0804 e. The SMILES string of the molecule is C=C[C@@H](Cl)[C@H](O)[C@H]1C=CCC=CC1. The van der Waals surface area contributed by atoms with E-state index >= 15 is 0 Å². The molecule has 72 valence electrons. The molecular formula is C11H15ClO. The first-order chi connectivity index (χ1) is 6.25. The van der Waals surface area contributed by atoms with Crippen molar-refractivity contribution >= 4 is 11.6 Å². The fraction of sp³-hybridized carbons (Fsp3) is 0.455. The number of halogens is 1. The van der Waals surface area contributed by atoms with E-state index in [1.807, 2.05) is 6.08 Å². The quantitative estimate of drug-likeness (QED) is 0.546. The Bertz CT molecular complexity index is 220. The van der Waals surface area contributed by atoms with Crippen LogP contribution in [0.3, 0.4) is 0 Å². The fourth-order valence-electron chi connectivity index (χ4n) is 1.39. The third-order valence-electron chi connectivity index (χ3n) is 2.22. The van der Waals surface area contributed by atoms with Crippen LogP contribution in [0, 0.1) is 5.92 Å². The number of alkyl halides is 1. The third-order valence-corrected chi connectivity index (χ3v) is 2.66. The largest absolute Gasteiger partial charge is 0.391 e. The Morgan fingerprint density at radius 2 is 2.23 bits per heavy atom. The highest BCUT2D eigenvalue weighted by Crippen LogP contribution is 2.21. The number of aliphatic hydroxyl groups excluding tert-OH is 1. The molecular weight excluding hydrogens is 184 g/mol. The molecule has 0 saturated carbocycles. The van der Waals surface area contributed by atoms with Crippen LogP contribution in [0.5, 0.6) is 0 Å².